The van der Waals surface area contributed by atoms with E-state index in [0.717, 1.165) is 0 Å². The van der Waals surface area contributed by atoms with Gasteiger partial charge >= 0.3 is 0 Å². The van der Waals surface area contributed by atoms with Crippen molar-refractivity contribution in [2.75, 3.05) is 17.6 Å². The highest BCUT2D eigenvalue weighted by molar-refractivity contribution is 7.89. The molecule has 0 saturated heterocycles. The van der Waals surface area contributed by atoms with E-state index in [1.54, 1.807) is 0 Å². The number of fused-ring (bicyclic) bond motifs is 1. The molecule has 6 nitrogen and oxygen atoms in total. The number of nitrogens with two attached hydrogens (primary N) is 1. The average Bonchev–Trinajstić information content (AvgIpc) is 2.54. The molecule has 8 heteroatoms. The number of anilines is 1. The standard InChI is InChI=1S/C10H12FN3O3S/c11-6-1-2-8-7(5-6)9(10(15)14-8)13-3-4-18(12,16)17/h1-2,5,9,13H,3-4H2,(H,14,15)(H2,12,16,17). The third kappa shape index (κ3) is 2.84. The van der Waals surface area contributed by atoms with Crippen molar-refractivity contribution < 1.29 is 17.6 Å². The Balaban J connectivity index is 2.10. The zero-order valence-electron chi connectivity index (χ0n) is 9.31. The fourth-order valence-corrected chi connectivity index (χ4v) is 2.18. The average molecular weight is 273 g/mol. The quantitative estimate of drug-likeness (QED) is 0.700. The Hall–Kier alpha value is -1.51. The molecule has 0 spiro atoms. The van der Waals surface area contributed by atoms with Gasteiger partial charge in [0, 0.05) is 17.8 Å². The molecule has 0 saturated carbocycles. The Morgan fingerprint density at radius 3 is 2.83 bits per heavy atom. The summed E-state index contributed by atoms with van der Waals surface area (Å²) in [5, 5.41) is 10.2. The highest BCUT2D eigenvalue weighted by Gasteiger charge is 2.30. The maximum Gasteiger partial charge on any atom is 0.246 e. The zero-order chi connectivity index (χ0) is 13.3. The summed E-state index contributed by atoms with van der Waals surface area (Å²) < 4.78 is 34.6. The summed E-state index contributed by atoms with van der Waals surface area (Å²) in [6, 6.07) is 3.19. The predicted molar refractivity (Wildman–Crippen MR) is 63.7 cm³/mol. The third-order valence-electron chi connectivity index (χ3n) is 2.58. The number of benzene rings is 1. The number of hydrogen-bond acceptors (Lipinski definition) is 4. The first-order chi connectivity index (χ1) is 8.37. The first-order valence-corrected chi connectivity index (χ1v) is 6.92. The lowest BCUT2D eigenvalue weighted by Gasteiger charge is -2.10. The van der Waals surface area contributed by atoms with Crippen molar-refractivity contribution in [3.05, 3.63) is 29.6 Å². The minimum absolute atomic E-state index is 0.0207. The SMILES string of the molecule is NS(=O)(=O)CCNC1C(=O)Nc2ccc(F)cc21. The van der Waals surface area contributed by atoms with Gasteiger partial charge in [0.15, 0.2) is 0 Å². The molecule has 1 atom stereocenters. The fourth-order valence-electron chi connectivity index (χ4n) is 1.78. The van der Waals surface area contributed by atoms with E-state index in [2.05, 4.69) is 10.6 Å². The van der Waals surface area contributed by atoms with E-state index in [4.69, 9.17) is 5.14 Å². The predicted octanol–water partition coefficient (Wildman–Crippen LogP) is -0.303. The number of carbonyl (C=O) groups excluding carboxylic acids is 1. The van der Waals surface area contributed by atoms with Gasteiger partial charge in [0.05, 0.1) is 5.75 Å². The Kier molecular flexibility index (Phi) is 3.33. The third-order valence-corrected chi connectivity index (χ3v) is 3.35. The second-order valence-electron chi connectivity index (χ2n) is 3.97. The molecule has 1 aliphatic rings. The van der Waals surface area contributed by atoms with Gasteiger partial charge in [-0.15, -0.1) is 0 Å². The minimum atomic E-state index is -3.59. The first kappa shape index (κ1) is 12.9. The van der Waals surface area contributed by atoms with Gasteiger partial charge in [-0.25, -0.2) is 17.9 Å². The van der Waals surface area contributed by atoms with Crippen LogP contribution in [0, 0.1) is 5.82 Å². The molecule has 0 bridgehead atoms. The molecule has 18 heavy (non-hydrogen) atoms. The van der Waals surface area contributed by atoms with Crippen LogP contribution in [0.1, 0.15) is 11.6 Å². The topological polar surface area (TPSA) is 101 Å². The van der Waals surface area contributed by atoms with Crippen LogP contribution in [0.15, 0.2) is 18.2 Å². The van der Waals surface area contributed by atoms with Crippen LogP contribution in [0.5, 0.6) is 0 Å². The molecule has 1 amide bonds. The van der Waals surface area contributed by atoms with Crippen molar-refractivity contribution >= 4 is 21.6 Å². The molecule has 1 aromatic rings. The number of carbonyl (C=O) groups is 1. The lowest BCUT2D eigenvalue weighted by Crippen LogP contribution is -2.33. The van der Waals surface area contributed by atoms with Gasteiger partial charge < -0.3 is 10.6 Å². The maximum atomic E-state index is 13.1. The molecule has 0 fully saturated rings. The number of rotatable bonds is 4. The summed E-state index contributed by atoms with van der Waals surface area (Å²) >= 11 is 0. The van der Waals surface area contributed by atoms with Gasteiger partial charge in [-0.3, -0.25) is 4.79 Å². The molecule has 1 unspecified atom stereocenters. The minimum Gasteiger partial charge on any atom is -0.324 e. The van der Waals surface area contributed by atoms with Gasteiger partial charge in [-0.2, -0.15) is 0 Å². The monoisotopic (exact) mass is 273 g/mol. The van der Waals surface area contributed by atoms with Gasteiger partial charge in [0.1, 0.15) is 11.9 Å². The van der Waals surface area contributed by atoms with Crippen molar-refractivity contribution in [3.63, 3.8) is 0 Å². The molecular weight excluding hydrogens is 261 g/mol. The summed E-state index contributed by atoms with van der Waals surface area (Å²) in [4.78, 5) is 11.6. The van der Waals surface area contributed by atoms with Crippen LogP contribution in [0.4, 0.5) is 10.1 Å². The summed E-state index contributed by atoms with van der Waals surface area (Å²) in [5.41, 5.74) is 0.990. The van der Waals surface area contributed by atoms with Crippen LogP contribution in [-0.4, -0.2) is 26.6 Å². The Bertz CT molecular complexity index is 588. The van der Waals surface area contributed by atoms with Crippen LogP contribution in [0.2, 0.25) is 0 Å². The Morgan fingerprint density at radius 2 is 2.17 bits per heavy atom. The molecular formula is C10H12FN3O3S. The maximum absolute atomic E-state index is 13.1. The van der Waals surface area contributed by atoms with E-state index >= 15 is 0 Å². The normalized spacial score (nSPS) is 18.6. The fraction of sp³-hybridized carbons (Fsp3) is 0.300. The molecule has 0 aliphatic carbocycles. The van der Waals surface area contributed by atoms with Crippen molar-refractivity contribution in [1.29, 1.82) is 0 Å². The molecule has 1 aromatic carbocycles. The lowest BCUT2D eigenvalue weighted by molar-refractivity contribution is -0.117. The zero-order valence-corrected chi connectivity index (χ0v) is 10.1. The highest BCUT2D eigenvalue weighted by Crippen LogP contribution is 2.30. The van der Waals surface area contributed by atoms with E-state index in [0.29, 0.717) is 11.3 Å². The molecule has 0 radical (unpaired) electrons. The van der Waals surface area contributed by atoms with E-state index in [1.807, 2.05) is 0 Å². The number of halogens is 1. The summed E-state index contributed by atoms with van der Waals surface area (Å²) in [6.07, 6.45) is 0. The number of nitrogens with one attached hydrogen (secondary N) is 2. The summed E-state index contributed by atoms with van der Waals surface area (Å²) in [5.74, 6) is -1.09. The van der Waals surface area contributed by atoms with Crippen LogP contribution >= 0.6 is 0 Å². The smallest absolute Gasteiger partial charge is 0.246 e. The molecule has 0 aromatic heterocycles. The van der Waals surface area contributed by atoms with Crippen molar-refractivity contribution in [1.82, 2.24) is 5.32 Å². The second kappa shape index (κ2) is 4.63. The number of sulfonamides is 1. The van der Waals surface area contributed by atoms with Crippen LogP contribution in [-0.2, 0) is 14.8 Å². The second-order valence-corrected chi connectivity index (χ2v) is 5.71. The van der Waals surface area contributed by atoms with Crippen LogP contribution in [0.25, 0.3) is 0 Å². The summed E-state index contributed by atoms with van der Waals surface area (Å²) in [7, 11) is -3.59. The number of amides is 1. The largest absolute Gasteiger partial charge is 0.324 e. The van der Waals surface area contributed by atoms with Gasteiger partial charge in [-0.1, -0.05) is 0 Å². The number of primary sulfonamides is 1. The van der Waals surface area contributed by atoms with Gasteiger partial charge in [-0.05, 0) is 18.2 Å². The van der Waals surface area contributed by atoms with E-state index < -0.39 is 21.9 Å². The van der Waals surface area contributed by atoms with Crippen LogP contribution in [0.3, 0.4) is 0 Å². The van der Waals surface area contributed by atoms with E-state index in [9.17, 15) is 17.6 Å². The first-order valence-electron chi connectivity index (χ1n) is 5.21. The van der Waals surface area contributed by atoms with E-state index in [1.165, 1.54) is 18.2 Å². The lowest BCUT2D eigenvalue weighted by atomic mass is 10.1. The van der Waals surface area contributed by atoms with Crippen molar-refractivity contribution in [2.45, 2.75) is 6.04 Å². The Morgan fingerprint density at radius 1 is 1.44 bits per heavy atom. The molecule has 1 heterocycles. The van der Waals surface area contributed by atoms with Crippen molar-refractivity contribution in [3.8, 4) is 0 Å². The van der Waals surface area contributed by atoms with Crippen molar-refractivity contribution in [2.24, 2.45) is 5.14 Å². The molecule has 4 N–H and O–H groups in total. The van der Waals surface area contributed by atoms with Crippen LogP contribution < -0.4 is 15.8 Å². The Labute approximate surface area is 103 Å². The van der Waals surface area contributed by atoms with Gasteiger partial charge in [0.25, 0.3) is 0 Å². The molecule has 2 rings (SSSR count). The van der Waals surface area contributed by atoms with E-state index in [-0.39, 0.29) is 18.2 Å². The summed E-state index contributed by atoms with van der Waals surface area (Å²) in [6.45, 7) is 0.0207. The van der Waals surface area contributed by atoms with Gasteiger partial charge in [0.2, 0.25) is 15.9 Å². The number of hydrogen-bond donors (Lipinski definition) is 3. The molecule has 98 valence electrons. The molecule has 1 aliphatic heterocycles. The highest BCUT2D eigenvalue weighted by atomic mass is 32.2.